The lowest BCUT2D eigenvalue weighted by atomic mass is 10.2. The maximum absolute atomic E-state index is 12.3. The van der Waals surface area contributed by atoms with Gasteiger partial charge < -0.3 is 9.30 Å². The predicted molar refractivity (Wildman–Crippen MR) is 123 cm³/mol. The lowest BCUT2D eigenvalue weighted by molar-refractivity contribution is 0.0955. The topological polar surface area (TPSA) is 55.6 Å². The van der Waals surface area contributed by atoms with Gasteiger partial charge in [-0.2, -0.15) is 5.10 Å². The van der Waals surface area contributed by atoms with Crippen molar-refractivity contribution < 1.29 is 9.53 Å². The lowest BCUT2D eigenvalue weighted by Crippen LogP contribution is -2.17. The van der Waals surface area contributed by atoms with Crippen LogP contribution in [0, 0.1) is 13.8 Å². The summed E-state index contributed by atoms with van der Waals surface area (Å²) in [6, 6.07) is 14.3. The highest BCUT2D eigenvalue weighted by atomic mass is 35.5. The molecule has 5 nitrogen and oxygen atoms in total. The Morgan fingerprint density at radius 3 is 2.53 bits per heavy atom. The smallest absolute Gasteiger partial charge is 0.271 e. The predicted octanol–water partition coefficient (Wildman–Crippen LogP) is 5.95. The van der Waals surface area contributed by atoms with Crippen molar-refractivity contribution in [1.82, 2.24) is 9.99 Å². The minimum absolute atomic E-state index is 0.289. The normalized spacial score (nSPS) is 11.1. The van der Waals surface area contributed by atoms with Gasteiger partial charge in [0.25, 0.3) is 5.91 Å². The summed E-state index contributed by atoms with van der Waals surface area (Å²) in [5, 5.41) is 5.26. The summed E-state index contributed by atoms with van der Waals surface area (Å²) >= 11 is 12.4. The zero-order valence-electron chi connectivity index (χ0n) is 17.1. The molecule has 1 N–H and O–H groups in total. The highest BCUT2D eigenvalue weighted by Gasteiger charge is 2.12. The van der Waals surface area contributed by atoms with Crippen LogP contribution in [0.4, 0.5) is 0 Å². The van der Waals surface area contributed by atoms with E-state index in [4.69, 9.17) is 27.9 Å². The zero-order chi connectivity index (χ0) is 21.7. The maximum Gasteiger partial charge on any atom is 0.271 e. The van der Waals surface area contributed by atoms with Crippen LogP contribution in [-0.2, 0) is 0 Å². The van der Waals surface area contributed by atoms with Gasteiger partial charge in [-0.05, 0) is 68.8 Å². The Balaban J connectivity index is 1.71. The molecule has 1 aromatic heterocycles. The van der Waals surface area contributed by atoms with Gasteiger partial charge >= 0.3 is 0 Å². The molecule has 3 aromatic rings. The standard InChI is InChI=1S/C23H23Cl2N3O2/c1-4-11-30-20-8-5-17(6-9-20)23(29)27-26-14-18-12-15(2)28(16(18)3)22-10-7-19(24)13-21(22)25/h5-10,12-14H,4,11H2,1-3H3,(H,27,29)/b26-14-. The van der Waals surface area contributed by atoms with Gasteiger partial charge in [-0.3, -0.25) is 4.79 Å². The molecule has 1 heterocycles. The van der Waals surface area contributed by atoms with Gasteiger partial charge in [0.1, 0.15) is 5.75 Å². The Labute approximate surface area is 186 Å². The van der Waals surface area contributed by atoms with Crippen molar-refractivity contribution in [3.8, 4) is 11.4 Å². The zero-order valence-corrected chi connectivity index (χ0v) is 18.6. The number of hydrazone groups is 1. The summed E-state index contributed by atoms with van der Waals surface area (Å²) in [4.78, 5) is 12.3. The van der Waals surface area contributed by atoms with Gasteiger partial charge in [-0.15, -0.1) is 0 Å². The van der Waals surface area contributed by atoms with Crippen LogP contribution in [0.2, 0.25) is 10.0 Å². The van der Waals surface area contributed by atoms with Crippen LogP contribution in [0.25, 0.3) is 5.69 Å². The Morgan fingerprint density at radius 1 is 1.13 bits per heavy atom. The molecular formula is C23H23Cl2N3O2. The number of hydrogen-bond acceptors (Lipinski definition) is 3. The number of aryl methyl sites for hydroxylation is 1. The fraction of sp³-hybridized carbons (Fsp3) is 0.217. The Hall–Kier alpha value is -2.76. The van der Waals surface area contributed by atoms with E-state index in [-0.39, 0.29) is 5.91 Å². The number of rotatable bonds is 7. The number of ether oxygens (including phenoxy) is 1. The van der Waals surface area contributed by atoms with E-state index in [1.807, 2.05) is 37.5 Å². The van der Waals surface area contributed by atoms with Crippen molar-refractivity contribution in [2.24, 2.45) is 5.10 Å². The minimum Gasteiger partial charge on any atom is -0.494 e. The summed E-state index contributed by atoms with van der Waals surface area (Å²) in [6.07, 6.45) is 2.56. The van der Waals surface area contributed by atoms with Crippen molar-refractivity contribution in [2.45, 2.75) is 27.2 Å². The molecule has 1 amide bonds. The molecule has 0 aliphatic carbocycles. The first-order valence-corrected chi connectivity index (χ1v) is 10.4. The van der Waals surface area contributed by atoms with Crippen molar-refractivity contribution in [1.29, 1.82) is 0 Å². The molecule has 0 saturated heterocycles. The average molecular weight is 444 g/mol. The number of hydrogen-bond donors (Lipinski definition) is 1. The van der Waals surface area contributed by atoms with E-state index in [1.54, 1.807) is 42.6 Å². The van der Waals surface area contributed by atoms with E-state index in [0.29, 0.717) is 22.2 Å². The van der Waals surface area contributed by atoms with E-state index < -0.39 is 0 Å². The highest BCUT2D eigenvalue weighted by molar-refractivity contribution is 6.35. The first-order valence-electron chi connectivity index (χ1n) is 9.61. The van der Waals surface area contributed by atoms with Gasteiger partial charge in [0.2, 0.25) is 0 Å². The van der Waals surface area contributed by atoms with Crippen molar-refractivity contribution >= 4 is 35.3 Å². The third-order valence-electron chi connectivity index (χ3n) is 4.58. The molecule has 0 spiro atoms. The van der Waals surface area contributed by atoms with Gasteiger partial charge in [-0.1, -0.05) is 30.1 Å². The van der Waals surface area contributed by atoms with Gasteiger partial charge in [0.15, 0.2) is 0 Å². The highest BCUT2D eigenvalue weighted by Crippen LogP contribution is 2.28. The Kier molecular flexibility index (Phi) is 7.19. The van der Waals surface area contributed by atoms with Crippen molar-refractivity contribution in [2.75, 3.05) is 6.61 Å². The Bertz CT molecular complexity index is 1070. The number of aromatic nitrogens is 1. The van der Waals surface area contributed by atoms with E-state index in [0.717, 1.165) is 34.8 Å². The van der Waals surface area contributed by atoms with Crippen molar-refractivity contribution in [3.05, 3.63) is 81.1 Å². The van der Waals surface area contributed by atoms with Crippen LogP contribution >= 0.6 is 23.2 Å². The summed E-state index contributed by atoms with van der Waals surface area (Å²) in [5.41, 5.74) is 6.73. The van der Waals surface area contributed by atoms with E-state index in [9.17, 15) is 4.79 Å². The minimum atomic E-state index is -0.289. The van der Waals surface area contributed by atoms with Crippen LogP contribution in [0.15, 0.2) is 53.6 Å². The fourth-order valence-electron chi connectivity index (χ4n) is 3.10. The van der Waals surface area contributed by atoms with Gasteiger partial charge in [0, 0.05) is 27.5 Å². The molecular weight excluding hydrogens is 421 g/mol. The molecule has 7 heteroatoms. The first kappa shape index (κ1) is 21.9. The second kappa shape index (κ2) is 9.83. The van der Waals surface area contributed by atoms with E-state index in [1.165, 1.54) is 0 Å². The van der Waals surface area contributed by atoms with Crippen molar-refractivity contribution in [3.63, 3.8) is 0 Å². The molecule has 0 unspecified atom stereocenters. The molecule has 3 rings (SSSR count). The average Bonchev–Trinajstić information content (AvgIpc) is 3.00. The monoisotopic (exact) mass is 443 g/mol. The lowest BCUT2D eigenvalue weighted by Gasteiger charge is -2.11. The second-order valence-electron chi connectivity index (χ2n) is 6.83. The van der Waals surface area contributed by atoms with Crippen LogP contribution in [0.5, 0.6) is 5.75 Å². The number of carbonyl (C=O) groups is 1. The first-order chi connectivity index (χ1) is 14.4. The molecule has 0 radical (unpaired) electrons. The van der Waals surface area contributed by atoms with Crippen LogP contribution in [-0.4, -0.2) is 23.3 Å². The molecule has 0 aliphatic rings. The number of nitrogens with one attached hydrogen (secondary N) is 1. The molecule has 30 heavy (non-hydrogen) atoms. The fourth-order valence-corrected chi connectivity index (χ4v) is 3.59. The number of nitrogens with zero attached hydrogens (tertiary/aromatic N) is 2. The summed E-state index contributed by atoms with van der Waals surface area (Å²) in [5.74, 6) is 0.452. The SMILES string of the molecule is CCCOc1ccc(C(=O)N/N=C\c2cc(C)n(-c3ccc(Cl)cc3Cl)c2C)cc1. The molecule has 0 bridgehead atoms. The quantitative estimate of drug-likeness (QED) is 0.362. The number of amides is 1. The van der Waals surface area contributed by atoms with Gasteiger partial charge in [-0.25, -0.2) is 5.43 Å². The maximum atomic E-state index is 12.3. The summed E-state index contributed by atoms with van der Waals surface area (Å²) < 4.78 is 7.55. The number of benzene rings is 2. The Morgan fingerprint density at radius 2 is 1.87 bits per heavy atom. The van der Waals surface area contributed by atoms with Crippen LogP contribution in [0.1, 0.15) is 40.7 Å². The third kappa shape index (κ3) is 5.04. The molecule has 156 valence electrons. The van der Waals surface area contributed by atoms with Crippen LogP contribution < -0.4 is 10.2 Å². The molecule has 0 aliphatic heterocycles. The van der Waals surface area contributed by atoms with Gasteiger partial charge in [0.05, 0.1) is 23.5 Å². The second-order valence-corrected chi connectivity index (χ2v) is 7.67. The molecule has 0 fully saturated rings. The largest absolute Gasteiger partial charge is 0.494 e. The summed E-state index contributed by atoms with van der Waals surface area (Å²) in [6.45, 7) is 6.64. The third-order valence-corrected chi connectivity index (χ3v) is 5.12. The van der Waals surface area contributed by atoms with E-state index >= 15 is 0 Å². The summed E-state index contributed by atoms with van der Waals surface area (Å²) in [7, 11) is 0. The molecule has 0 atom stereocenters. The number of halogens is 2. The van der Waals surface area contributed by atoms with E-state index in [2.05, 4.69) is 10.5 Å². The molecule has 2 aromatic carbocycles. The molecule has 0 saturated carbocycles. The van der Waals surface area contributed by atoms with Crippen LogP contribution in [0.3, 0.4) is 0 Å². The number of carbonyl (C=O) groups excluding carboxylic acids is 1.